The van der Waals surface area contributed by atoms with E-state index in [0.717, 1.165) is 5.02 Å². The van der Waals surface area contributed by atoms with E-state index in [4.69, 9.17) is 11.6 Å². The Hall–Kier alpha value is -0.180. The fourth-order valence-electron chi connectivity index (χ4n) is 2.67. The van der Waals surface area contributed by atoms with Crippen LogP contribution in [-0.4, -0.2) is 11.8 Å². The van der Waals surface area contributed by atoms with Crippen LogP contribution in [0.5, 0.6) is 0 Å². The summed E-state index contributed by atoms with van der Waals surface area (Å²) in [5.74, 6) is 1.20. The van der Waals surface area contributed by atoms with E-state index >= 15 is 0 Å². The van der Waals surface area contributed by atoms with Gasteiger partial charge in [0.2, 0.25) is 0 Å². The number of thioether (sulfide) groups is 1. The lowest BCUT2D eigenvalue weighted by atomic mass is 9.96. The van der Waals surface area contributed by atoms with E-state index in [1.54, 1.807) is 0 Å². The van der Waals surface area contributed by atoms with Crippen molar-refractivity contribution >= 4 is 23.4 Å². The summed E-state index contributed by atoms with van der Waals surface area (Å²) in [5.41, 5.74) is 1.93. The molecule has 3 rings (SSSR count). The van der Waals surface area contributed by atoms with Crippen molar-refractivity contribution in [2.24, 2.45) is 5.41 Å². The Morgan fingerprint density at radius 3 is 2.94 bits per heavy atom. The normalized spacial score (nSPS) is 26.5. The summed E-state index contributed by atoms with van der Waals surface area (Å²) in [5, 5.41) is 4.69. The van der Waals surface area contributed by atoms with Crippen molar-refractivity contribution in [3.05, 3.63) is 28.8 Å². The Kier molecular flexibility index (Phi) is 3.38. The van der Waals surface area contributed by atoms with Gasteiger partial charge >= 0.3 is 0 Å². The van der Waals surface area contributed by atoms with Gasteiger partial charge < -0.3 is 5.32 Å². The Bertz CT molecular complexity index is 456. The summed E-state index contributed by atoms with van der Waals surface area (Å²) >= 11 is 8.10. The van der Waals surface area contributed by atoms with Crippen LogP contribution in [0.1, 0.15) is 44.7 Å². The van der Waals surface area contributed by atoms with Gasteiger partial charge in [-0.3, -0.25) is 0 Å². The largest absolute Gasteiger partial charge is 0.307 e. The number of hydrogen-bond donors (Lipinski definition) is 1. The fraction of sp³-hybridized carbons (Fsp3) is 0.600. The lowest BCUT2D eigenvalue weighted by Gasteiger charge is -2.31. The Morgan fingerprint density at radius 2 is 2.22 bits per heavy atom. The van der Waals surface area contributed by atoms with Gasteiger partial charge in [-0.15, -0.1) is 11.8 Å². The number of halogens is 1. The van der Waals surface area contributed by atoms with E-state index in [9.17, 15) is 0 Å². The first-order chi connectivity index (χ1) is 8.58. The monoisotopic (exact) mass is 281 g/mol. The molecule has 1 heterocycles. The SMILES string of the molecule is CC(NC1CCSc2ccc(Cl)cc21)C1(C)CC1. The van der Waals surface area contributed by atoms with Gasteiger partial charge in [0.05, 0.1) is 0 Å². The molecule has 2 unspecified atom stereocenters. The maximum absolute atomic E-state index is 6.14. The molecule has 0 aromatic heterocycles. The fourth-order valence-corrected chi connectivity index (χ4v) is 3.96. The van der Waals surface area contributed by atoms with Crippen LogP contribution in [0.15, 0.2) is 23.1 Å². The molecule has 0 radical (unpaired) electrons. The molecule has 3 heteroatoms. The molecule has 0 spiro atoms. The maximum atomic E-state index is 6.14. The van der Waals surface area contributed by atoms with E-state index in [2.05, 4.69) is 31.3 Å². The Labute approximate surface area is 119 Å². The minimum atomic E-state index is 0.479. The minimum absolute atomic E-state index is 0.479. The molecule has 1 saturated carbocycles. The van der Waals surface area contributed by atoms with Crippen LogP contribution in [0.25, 0.3) is 0 Å². The summed E-state index contributed by atoms with van der Waals surface area (Å²) < 4.78 is 0. The molecular formula is C15H20ClNS. The first kappa shape index (κ1) is 12.8. The highest BCUT2D eigenvalue weighted by Crippen LogP contribution is 2.49. The van der Waals surface area contributed by atoms with Crippen LogP contribution in [0.3, 0.4) is 0 Å². The topological polar surface area (TPSA) is 12.0 Å². The summed E-state index contributed by atoms with van der Waals surface area (Å²) in [6.07, 6.45) is 3.94. The second-order valence-corrected chi connectivity index (χ2v) is 7.49. The van der Waals surface area contributed by atoms with Crippen molar-refractivity contribution in [3.63, 3.8) is 0 Å². The van der Waals surface area contributed by atoms with Gasteiger partial charge in [0.15, 0.2) is 0 Å². The van der Waals surface area contributed by atoms with Crippen molar-refractivity contribution in [2.45, 2.75) is 50.1 Å². The van der Waals surface area contributed by atoms with Gasteiger partial charge in [-0.1, -0.05) is 18.5 Å². The smallest absolute Gasteiger partial charge is 0.0410 e. The maximum Gasteiger partial charge on any atom is 0.0410 e. The molecule has 18 heavy (non-hydrogen) atoms. The van der Waals surface area contributed by atoms with E-state index in [0.29, 0.717) is 17.5 Å². The predicted molar refractivity (Wildman–Crippen MR) is 79.5 cm³/mol. The average molecular weight is 282 g/mol. The van der Waals surface area contributed by atoms with Crippen LogP contribution in [0, 0.1) is 5.41 Å². The quantitative estimate of drug-likeness (QED) is 0.865. The third-order valence-corrected chi connectivity index (χ3v) is 5.90. The number of rotatable bonds is 3. The summed E-state index contributed by atoms with van der Waals surface area (Å²) in [4.78, 5) is 1.40. The summed E-state index contributed by atoms with van der Waals surface area (Å²) in [7, 11) is 0. The third kappa shape index (κ3) is 2.43. The lowest BCUT2D eigenvalue weighted by molar-refractivity contribution is 0.334. The molecule has 2 atom stereocenters. The van der Waals surface area contributed by atoms with Crippen LogP contribution < -0.4 is 5.32 Å². The number of benzene rings is 1. The van der Waals surface area contributed by atoms with Gasteiger partial charge in [-0.25, -0.2) is 0 Å². The van der Waals surface area contributed by atoms with Crippen LogP contribution in [-0.2, 0) is 0 Å². The zero-order valence-corrected chi connectivity index (χ0v) is 12.6. The molecule has 1 aromatic carbocycles. The second-order valence-electron chi connectivity index (χ2n) is 5.91. The molecule has 1 nitrogen and oxygen atoms in total. The van der Waals surface area contributed by atoms with E-state index in [1.165, 1.54) is 35.5 Å². The highest BCUT2D eigenvalue weighted by atomic mass is 35.5. The number of hydrogen-bond acceptors (Lipinski definition) is 2. The second kappa shape index (κ2) is 4.73. The summed E-state index contributed by atoms with van der Waals surface area (Å²) in [6.45, 7) is 4.72. The van der Waals surface area contributed by atoms with Crippen LogP contribution in [0.2, 0.25) is 5.02 Å². The van der Waals surface area contributed by atoms with Gasteiger partial charge in [0, 0.05) is 22.0 Å². The number of fused-ring (bicyclic) bond motifs is 1. The molecule has 2 aliphatic rings. The molecule has 1 N–H and O–H groups in total. The van der Waals surface area contributed by atoms with Crippen molar-refractivity contribution in [1.82, 2.24) is 5.32 Å². The molecule has 1 aromatic rings. The van der Waals surface area contributed by atoms with Crippen molar-refractivity contribution in [2.75, 3.05) is 5.75 Å². The van der Waals surface area contributed by atoms with Crippen molar-refractivity contribution < 1.29 is 0 Å². The molecule has 0 amide bonds. The molecule has 0 bridgehead atoms. The Morgan fingerprint density at radius 1 is 1.44 bits per heavy atom. The van der Waals surface area contributed by atoms with Crippen molar-refractivity contribution in [1.29, 1.82) is 0 Å². The van der Waals surface area contributed by atoms with E-state index in [-0.39, 0.29) is 0 Å². The summed E-state index contributed by atoms with van der Waals surface area (Å²) in [6, 6.07) is 7.38. The predicted octanol–water partition coefficient (Wildman–Crippen LogP) is 4.66. The molecule has 1 fully saturated rings. The van der Waals surface area contributed by atoms with E-state index < -0.39 is 0 Å². The third-order valence-electron chi connectivity index (χ3n) is 4.55. The van der Waals surface area contributed by atoms with Crippen LogP contribution >= 0.6 is 23.4 Å². The lowest BCUT2D eigenvalue weighted by Crippen LogP contribution is -2.37. The Balaban J connectivity index is 1.80. The van der Waals surface area contributed by atoms with Gasteiger partial charge in [0.25, 0.3) is 0 Å². The molecule has 98 valence electrons. The minimum Gasteiger partial charge on any atom is -0.307 e. The molecule has 1 aliphatic heterocycles. The highest BCUT2D eigenvalue weighted by Gasteiger charge is 2.43. The average Bonchev–Trinajstić information content (AvgIpc) is 3.09. The van der Waals surface area contributed by atoms with Gasteiger partial charge in [0.1, 0.15) is 0 Å². The first-order valence-corrected chi connectivity index (χ1v) is 8.13. The van der Waals surface area contributed by atoms with Crippen LogP contribution in [0.4, 0.5) is 0 Å². The highest BCUT2D eigenvalue weighted by molar-refractivity contribution is 7.99. The molecule has 1 aliphatic carbocycles. The zero-order chi connectivity index (χ0) is 12.8. The molecular weight excluding hydrogens is 262 g/mol. The first-order valence-electron chi connectivity index (χ1n) is 6.77. The van der Waals surface area contributed by atoms with Crippen molar-refractivity contribution in [3.8, 4) is 0 Å². The standard InChI is InChI=1S/C15H20ClNS/c1-10(15(2)6-7-15)17-13-5-8-18-14-4-3-11(16)9-12(13)14/h3-4,9-10,13,17H,5-8H2,1-2H3. The molecule has 0 saturated heterocycles. The zero-order valence-electron chi connectivity index (χ0n) is 11.0. The number of nitrogens with one attached hydrogen (secondary N) is 1. The van der Waals surface area contributed by atoms with E-state index in [1.807, 2.05) is 17.8 Å². The van der Waals surface area contributed by atoms with Gasteiger partial charge in [-0.2, -0.15) is 0 Å². The van der Waals surface area contributed by atoms with Gasteiger partial charge in [-0.05, 0) is 61.1 Å².